The van der Waals surface area contributed by atoms with Gasteiger partial charge in [0.15, 0.2) is 0 Å². The van der Waals surface area contributed by atoms with Gasteiger partial charge in [-0.15, -0.1) is 11.6 Å². The van der Waals surface area contributed by atoms with Crippen molar-refractivity contribution in [3.8, 4) is 5.75 Å². The van der Waals surface area contributed by atoms with E-state index in [1.807, 2.05) is 24.3 Å². The van der Waals surface area contributed by atoms with Crippen LogP contribution in [0.25, 0.3) is 0 Å². The Labute approximate surface area is 121 Å². The fourth-order valence-corrected chi connectivity index (χ4v) is 2.77. The summed E-state index contributed by atoms with van der Waals surface area (Å²) < 4.78 is 32.9. The third-order valence-electron chi connectivity index (χ3n) is 3.57. The second kappa shape index (κ2) is 5.06. The zero-order valence-corrected chi connectivity index (χ0v) is 11.6. The molecule has 0 saturated heterocycles. The van der Waals surface area contributed by atoms with E-state index < -0.39 is 17.0 Å². The van der Waals surface area contributed by atoms with E-state index in [4.69, 9.17) is 16.3 Å². The molecule has 0 N–H and O–H groups in total. The highest BCUT2D eigenvalue weighted by atomic mass is 35.5. The van der Waals surface area contributed by atoms with Crippen molar-refractivity contribution in [2.45, 2.75) is 24.8 Å². The lowest BCUT2D eigenvalue weighted by Gasteiger charge is -2.18. The van der Waals surface area contributed by atoms with Crippen molar-refractivity contribution in [2.75, 3.05) is 0 Å². The van der Waals surface area contributed by atoms with E-state index in [9.17, 15) is 8.78 Å². The van der Waals surface area contributed by atoms with Crippen LogP contribution in [0.4, 0.5) is 8.78 Å². The van der Waals surface area contributed by atoms with E-state index in [1.165, 1.54) is 6.07 Å². The number of fused-ring (bicyclic) bond motifs is 1. The number of hydrogen-bond acceptors (Lipinski definition) is 1. The smallest absolute Gasteiger partial charge is 0.130 e. The Kier molecular flexibility index (Phi) is 3.38. The largest absolute Gasteiger partial charge is 0.488 e. The van der Waals surface area contributed by atoms with Gasteiger partial charge in [-0.2, -0.15) is 0 Å². The summed E-state index contributed by atoms with van der Waals surface area (Å²) in [4.78, 5) is 0. The van der Waals surface area contributed by atoms with Crippen LogP contribution in [0.2, 0.25) is 0 Å². The van der Waals surface area contributed by atoms with Gasteiger partial charge in [-0.3, -0.25) is 0 Å². The van der Waals surface area contributed by atoms with E-state index in [1.54, 1.807) is 6.92 Å². The molecule has 2 unspecified atom stereocenters. The Morgan fingerprint density at radius 2 is 1.95 bits per heavy atom. The molecule has 0 aromatic heterocycles. The van der Waals surface area contributed by atoms with Crippen LogP contribution in [0, 0.1) is 18.6 Å². The number of alkyl halides is 1. The molecule has 2 aromatic carbocycles. The van der Waals surface area contributed by atoms with Gasteiger partial charge in [0.05, 0.1) is 5.38 Å². The Bertz CT molecular complexity index is 632. The molecule has 1 aliphatic rings. The second-order valence-corrected chi connectivity index (χ2v) is 5.46. The quantitative estimate of drug-likeness (QED) is 0.738. The summed E-state index contributed by atoms with van der Waals surface area (Å²) in [7, 11) is 0. The first kappa shape index (κ1) is 13.4. The van der Waals surface area contributed by atoms with Crippen LogP contribution >= 0.6 is 11.6 Å². The molecule has 4 heteroatoms. The Morgan fingerprint density at radius 1 is 1.20 bits per heavy atom. The fraction of sp³-hybridized carbons (Fsp3) is 0.250. The van der Waals surface area contributed by atoms with Crippen molar-refractivity contribution in [1.82, 2.24) is 0 Å². The fourth-order valence-electron chi connectivity index (χ4n) is 2.46. The number of benzene rings is 2. The maximum absolute atomic E-state index is 13.9. The van der Waals surface area contributed by atoms with Gasteiger partial charge in [0.25, 0.3) is 0 Å². The summed E-state index contributed by atoms with van der Waals surface area (Å²) in [5.74, 6) is -0.416. The molecule has 0 aliphatic carbocycles. The third-order valence-corrected chi connectivity index (χ3v) is 4.09. The first-order valence-corrected chi connectivity index (χ1v) is 6.84. The zero-order valence-electron chi connectivity index (χ0n) is 10.9. The van der Waals surface area contributed by atoms with E-state index in [-0.39, 0.29) is 11.7 Å². The summed E-state index contributed by atoms with van der Waals surface area (Å²) in [6.07, 6.45) is 0.286. The summed E-state index contributed by atoms with van der Waals surface area (Å²) in [6, 6.07) is 9.97. The summed E-state index contributed by atoms with van der Waals surface area (Å²) in [5.41, 5.74) is 1.72. The molecule has 2 aromatic rings. The second-order valence-electron chi connectivity index (χ2n) is 4.99. The predicted octanol–water partition coefficient (Wildman–Crippen LogP) is 4.56. The lowest BCUT2D eigenvalue weighted by Crippen LogP contribution is -2.20. The minimum atomic E-state index is -0.651. The van der Waals surface area contributed by atoms with Gasteiger partial charge in [-0.05, 0) is 30.2 Å². The molecular weight excluding hydrogens is 282 g/mol. The number of ether oxygens (including phenoxy) is 1. The third kappa shape index (κ3) is 2.27. The summed E-state index contributed by atoms with van der Waals surface area (Å²) in [5, 5.41) is -0.651. The van der Waals surface area contributed by atoms with Gasteiger partial charge in [-0.25, -0.2) is 8.78 Å². The van der Waals surface area contributed by atoms with Crippen molar-refractivity contribution < 1.29 is 13.5 Å². The molecule has 1 nitrogen and oxygen atoms in total. The van der Waals surface area contributed by atoms with Gasteiger partial charge in [0.2, 0.25) is 0 Å². The summed E-state index contributed by atoms with van der Waals surface area (Å²) in [6.45, 7) is 1.59. The molecule has 2 atom stereocenters. The first-order valence-electron chi connectivity index (χ1n) is 6.40. The Morgan fingerprint density at radius 3 is 2.70 bits per heavy atom. The minimum Gasteiger partial charge on any atom is -0.488 e. The van der Waals surface area contributed by atoms with Crippen LogP contribution < -0.4 is 4.74 Å². The average molecular weight is 295 g/mol. The molecule has 1 heterocycles. The molecule has 104 valence electrons. The number of rotatable bonds is 2. The van der Waals surface area contributed by atoms with Gasteiger partial charge >= 0.3 is 0 Å². The molecule has 0 saturated carbocycles. The van der Waals surface area contributed by atoms with Gasteiger partial charge in [-0.1, -0.05) is 18.2 Å². The molecule has 0 spiro atoms. The molecule has 0 radical (unpaired) electrons. The van der Waals surface area contributed by atoms with Crippen LogP contribution in [0.5, 0.6) is 5.75 Å². The lowest BCUT2D eigenvalue weighted by atomic mass is 10.0. The maximum atomic E-state index is 13.9. The zero-order chi connectivity index (χ0) is 14.3. The van der Waals surface area contributed by atoms with Crippen molar-refractivity contribution in [3.63, 3.8) is 0 Å². The molecule has 0 amide bonds. The number of para-hydroxylation sites is 1. The normalized spacial score (nSPS) is 18.5. The van der Waals surface area contributed by atoms with Crippen LogP contribution in [0.3, 0.4) is 0 Å². The minimum absolute atomic E-state index is 0.281. The predicted molar refractivity (Wildman–Crippen MR) is 74.3 cm³/mol. The van der Waals surface area contributed by atoms with E-state index in [2.05, 4.69) is 0 Å². The molecule has 0 fully saturated rings. The molecule has 1 aliphatic heterocycles. The Balaban J connectivity index is 1.88. The topological polar surface area (TPSA) is 9.23 Å². The molecule has 3 rings (SSSR count). The highest BCUT2D eigenvalue weighted by Gasteiger charge is 2.31. The highest BCUT2D eigenvalue weighted by molar-refractivity contribution is 6.21. The van der Waals surface area contributed by atoms with Gasteiger partial charge in [0.1, 0.15) is 23.5 Å². The first-order chi connectivity index (χ1) is 9.56. The SMILES string of the molecule is Cc1cc(C(Cl)C2Cc3ccccc3O2)c(F)cc1F. The summed E-state index contributed by atoms with van der Waals surface area (Å²) >= 11 is 6.34. The number of aryl methyl sites for hydroxylation is 1. The van der Waals surface area contributed by atoms with Gasteiger partial charge < -0.3 is 4.74 Å². The van der Waals surface area contributed by atoms with Crippen LogP contribution in [0.15, 0.2) is 36.4 Å². The maximum Gasteiger partial charge on any atom is 0.130 e. The average Bonchev–Trinajstić information content (AvgIpc) is 2.86. The lowest BCUT2D eigenvalue weighted by molar-refractivity contribution is 0.225. The van der Waals surface area contributed by atoms with Crippen molar-refractivity contribution in [2.24, 2.45) is 0 Å². The van der Waals surface area contributed by atoms with Crippen LogP contribution in [0.1, 0.15) is 22.1 Å². The van der Waals surface area contributed by atoms with Crippen LogP contribution in [-0.2, 0) is 6.42 Å². The number of hydrogen-bond donors (Lipinski definition) is 0. The van der Waals surface area contributed by atoms with Crippen LogP contribution in [-0.4, -0.2) is 6.10 Å². The Hall–Kier alpha value is -1.61. The van der Waals surface area contributed by atoms with E-state index >= 15 is 0 Å². The number of halogens is 3. The standard InChI is InChI=1S/C16H13ClF2O/c1-9-6-11(13(19)8-12(9)18)16(17)15-7-10-4-2-3-5-14(10)20-15/h2-6,8,15-16H,7H2,1H3. The monoisotopic (exact) mass is 294 g/mol. The van der Waals surface area contributed by atoms with Crippen molar-refractivity contribution in [1.29, 1.82) is 0 Å². The molecule has 0 bridgehead atoms. The van der Waals surface area contributed by atoms with E-state index in [0.29, 0.717) is 12.0 Å². The van der Waals surface area contributed by atoms with Crippen molar-refractivity contribution >= 4 is 11.6 Å². The highest BCUT2D eigenvalue weighted by Crippen LogP contribution is 2.38. The molecular formula is C16H13ClF2O. The van der Waals surface area contributed by atoms with E-state index in [0.717, 1.165) is 17.4 Å². The molecule has 20 heavy (non-hydrogen) atoms. The van der Waals surface area contributed by atoms with Gasteiger partial charge in [0, 0.05) is 18.1 Å². The van der Waals surface area contributed by atoms with Crippen molar-refractivity contribution in [3.05, 3.63) is 64.7 Å².